The van der Waals surface area contributed by atoms with E-state index < -0.39 is 0 Å². The Morgan fingerprint density at radius 3 is 2.38 bits per heavy atom. The molecular weight excluding hydrogens is 264 g/mol. The molecule has 3 nitrogen and oxygen atoms in total. The number of hydrogen-bond acceptors (Lipinski definition) is 3. The highest BCUT2D eigenvalue weighted by atomic mass is 16.5. The van der Waals surface area contributed by atoms with Crippen LogP contribution in [-0.2, 0) is 9.53 Å². The van der Waals surface area contributed by atoms with E-state index in [1.54, 1.807) is 12.1 Å². The van der Waals surface area contributed by atoms with Gasteiger partial charge in [0.15, 0.2) is 0 Å². The Morgan fingerprint density at radius 1 is 1.05 bits per heavy atom. The molecule has 21 heavy (non-hydrogen) atoms. The number of phenols is 1. The lowest BCUT2D eigenvalue weighted by Gasteiger charge is -2.03. The van der Waals surface area contributed by atoms with Crippen LogP contribution in [0.5, 0.6) is 5.75 Å². The minimum absolute atomic E-state index is 0.00681. The van der Waals surface area contributed by atoms with E-state index in [0.29, 0.717) is 6.61 Å². The summed E-state index contributed by atoms with van der Waals surface area (Å²) in [7, 11) is 0. The predicted octanol–water partition coefficient (Wildman–Crippen LogP) is 3.45. The van der Waals surface area contributed by atoms with Crippen molar-refractivity contribution in [2.75, 3.05) is 6.61 Å². The van der Waals surface area contributed by atoms with Gasteiger partial charge in [0.2, 0.25) is 0 Å². The lowest BCUT2D eigenvalue weighted by molar-refractivity contribution is -0.144. The molecule has 1 saturated carbocycles. The largest absolute Gasteiger partial charge is 0.508 e. The zero-order chi connectivity index (χ0) is 14.8. The topological polar surface area (TPSA) is 46.5 Å². The lowest BCUT2D eigenvalue weighted by Crippen LogP contribution is -2.08. The molecule has 108 valence electrons. The summed E-state index contributed by atoms with van der Waals surface area (Å²) in [5.41, 5.74) is 1.94. The Kier molecular flexibility index (Phi) is 3.65. The van der Waals surface area contributed by atoms with Gasteiger partial charge in [-0.1, -0.05) is 48.5 Å². The molecule has 3 heteroatoms. The van der Waals surface area contributed by atoms with E-state index >= 15 is 0 Å². The molecular formula is C18H18O3. The van der Waals surface area contributed by atoms with Gasteiger partial charge in [-0.15, -0.1) is 0 Å². The monoisotopic (exact) mass is 282 g/mol. The molecule has 2 aromatic carbocycles. The van der Waals surface area contributed by atoms with Gasteiger partial charge in [-0.2, -0.15) is 0 Å². The zero-order valence-corrected chi connectivity index (χ0v) is 11.9. The number of aromatic hydroxyl groups is 1. The summed E-state index contributed by atoms with van der Waals surface area (Å²) in [5, 5.41) is 10.1. The summed E-state index contributed by atoms with van der Waals surface area (Å²) in [6.45, 7) is 2.19. The second-order valence-electron chi connectivity index (χ2n) is 5.30. The molecule has 1 fully saturated rings. The fourth-order valence-corrected chi connectivity index (χ4v) is 3.09. The molecule has 3 atom stereocenters. The standard InChI is InChI=1S/C18H18O3/c1-2-21-18(20)17-15(12-8-4-3-5-9-12)16(17)13-10-6-7-11-14(13)19/h3-11,15-17,19H,2H2,1H3/t15-,16-,17-/m1/s1. The van der Waals surface area contributed by atoms with Gasteiger partial charge >= 0.3 is 5.97 Å². The average Bonchev–Trinajstić information content (AvgIpc) is 3.24. The van der Waals surface area contributed by atoms with E-state index in [-0.39, 0.29) is 29.5 Å². The molecule has 1 N–H and O–H groups in total. The summed E-state index contributed by atoms with van der Waals surface area (Å²) in [6.07, 6.45) is 0. The fourth-order valence-electron chi connectivity index (χ4n) is 3.09. The lowest BCUT2D eigenvalue weighted by atomic mass is 10.0. The Morgan fingerprint density at radius 2 is 1.71 bits per heavy atom. The molecule has 3 rings (SSSR count). The maximum absolute atomic E-state index is 12.2. The van der Waals surface area contributed by atoms with E-state index in [1.165, 1.54) is 0 Å². The SMILES string of the molecule is CCOC(=O)[C@@H]1[C@H](c2ccccc2)[C@H]1c1ccccc1O. The van der Waals surface area contributed by atoms with Crippen LogP contribution in [-0.4, -0.2) is 17.7 Å². The van der Waals surface area contributed by atoms with Gasteiger partial charge in [0.1, 0.15) is 5.75 Å². The second-order valence-corrected chi connectivity index (χ2v) is 5.30. The van der Waals surface area contributed by atoms with Crippen LogP contribution in [0.1, 0.15) is 29.9 Å². The van der Waals surface area contributed by atoms with E-state index in [0.717, 1.165) is 11.1 Å². The number of hydrogen-bond donors (Lipinski definition) is 1. The summed E-state index contributed by atoms with van der Waals surface area (Å²) < 4.78 is 5.19. The third-order valence-corrected chi connectivity index (χ3v) is 4.06. The van der Waals surface area contributed by atoms with Crippen molar-refractivity contribution < 1.29 is 14.6 Å². The van der Waals surface area contributed by atoms with Crippen molar-refractivity contribution in [1.82, 2.24) is 0 Å². The van der Waals surface area contributed by atoms with Gasteiger partial charge < -0.3 is 9.84 Å². The quantitative estimate of drug-likeness (QED) is 0.874. The van der Waals surface area contributed by atoms with Gasteiger partial charge in [0.25, 0.3) is 0 Å². The Labute approximate surface area is 124 Å². The molecule has 0 saturated heterocycles. The minimum atomic E-state index is -0.208. The smallest absolute Gasteiger partial charge is 0.310 e. The van der Waals surface area contributed by atoms with Crippen LogP contribution >= 0.6 is 0 Å². The van der Waals surface area contributed by atoms with Crippen LogP contribution < -0.4 is 0 Å². The van der Waals surface area contributed by atoms with Crippen molar-refractivity contribution >= 4 is 5.97 Å². The molecule has 1 aliphatic rings. The first kappa shape index (κ1) is 13.7. The highest BCUT2D eigenvalue weighted by molar-refractivity contribution is 5.80. The third-order valence-electron chi connectivity index (χ3n) is 4.06. The molecule has 0 heterocycles. The molecule has 0 radical (unpaired) electrons. The number of ether oxygens (including phenoxy) is 1. The van der Waals surface area contributed by atoms with E-state index in [1.807, 2.05) is 49.4 Å². The average molecular weight is 282 g/mol. The van der Waals surface area contributed by atoms with Gasteiger partial charge in [0, 0.05) is 11.8 Å². The number of rotatable bonds is 4. The van der Waals surface area contributed by atoms with Gasteiger partial charge in [-0.25, -0.2) is 0 Å². The van der Waals surface area contributed by atoms with Crippen molar-refractivity contribution in [1.29, 1.82) is 0 Å². The van der Waals surface area contributed by atoms with Gasteiger partial charge in [-0.05, 0) is 24.1 Å². The highest BCUT2D eigenvalue weighted by Crippen LogP contribution is 2.62. The first-order chi connectivity index (χ1) is 10.2. The summed E-state index contributed by atoms with van der Waals surface area (Å²) in [5.74, 6) is -0.0679. The molecule has 2 aromatic rings. The van der Waals surface area contributed by atoms with Crippen LogP contribution in [0.15, 0.2) is 54.6 Å². The van der Waals surface area contributed by atoms with E-state index in [4.69, 9.17) is 4.74 Å². The fraction of sp³-hybridized carbons (Fsp3) is 0.278. The third kappa shape index (κ3) is 2.51. The van der Waals surface area contributed by atoms with Crippen LogP contribution in [0, 0.1) is 5.92 Å². The van der Waals surface area contributed by atoms with Crippen LogP contribution in [0.4, 0.5) is 0 Å². The van der Waals surface area contributed by atoms with Gasteiger partial charge in [0.05, 0.1) is 12.5 Å². The minimum Gasteiger partial charge on any atom is -0.508 e. The van der Waals surface area contributed by atoms with Crippen LogP contribution in [0.25, 0.3) is 0 Å². The number of esters is 1. The van der Waals surface area contributed by atoms with Gasteiger partial charge in [-0.3, -0.25) is 4.79 Å². The van der Waals surface area contributed by atoms with Crippen molar-refractivity contribution in [3.8, 4) is 5.75 Å². The van der Waals surface area contributed by atoms with Crippen LogP contribution in [0.3, 0.4) is 0 Å². The second kappa shape index (κ2) is 5.60. The molecule has 1 aliphatic carbocycles. The van der Waals surface area contributed by atoms with Crippen molar-refractivity contribution in [2.24, 2.45) is 5.92 Å². The van der Waals surface area contributed by atoms with Crippen molar-refractivity contribution in [3.05, 3.63) is 65.7 Å². The molecule has 0 aliphatic heterocycles. The number of carbonyl (C=O) groups is 1. The molecule has 0 unspecified atom stereocenters. The van der Waals surface area contributed by atoms with E-state index in [2.05, 4.69) is 0 Å². The summed E-state index contributed by atoms with van der Waals surface area (Å²) in [6, 6.07) is 17.2. The summed E-state index contributed by atoms with van der Waals surface area (Å²) >= 11 is 0. The van der Waals surface area contributed by atoms with Crippen molar-refractivity contribution in [3.63, 3.8) is 0 Å². The predicted molar refractivity (Wildman–Crippen MR) is 80.2 cm³/mol. The Balaban J connectivity index is 1.94. The zero-order valence-electron chi connectivity index (χ0n) is 11.9. The van der Waals surface area contributed by atoms with Crippen LogP contribution in [0.2, 0.25) is 0 Å². The maximum atomic E-state index is 12.2. The maximum Gasteiger partial charge on any atom is 0.310 e. The first-order valence-electron chi connectivity index (χ1n) is 7.23. The number of carbonyl (C=O) groups excluding carboxylic acids is 1. The normalized spacial score (nSPS) is 23.6. The Bertz CT molecular complexity index is 636. The van der Waals surface area contributed by atoms with Crippen molar-refractivity contribution in [2.45, 2.75) is 18.8 Å². The molecule has 0 amide bonds. The molecule has 0 bridgehead atoms. The Hall–Kier alpha value is -2.29. The highest BCUT2D eigenvalue weighted by Gasteiger charge is 2.57. The molecule has 0 aromatic heterocycles. The summed E-state index contributed by atoms with van der Waals surface area (Å²) in [4.78, 5) is 12.2. The first-order valence-corrected chi connectivity index (χ1v) is 7.23. The number of benzene rings is 2. The number of para-hydroxylation sites is 1. The van der Waals surface area contributed by atoms with E-state index in [9.17, 15) is 9.90 Å². The number of phenolic OH excluding ortho intramolecular Hbond substituents is 1. The molecule has 0 spiro atoms.